The SMILES string of the molecule is COc1ccc(-c2csc(-n3nc(-c4ccc(OC)cc4)cc3-c3ccc(OC)cc3)n2)cc1. The van der Waals surface area contributed by atoms with Gasteiger partial charge in [0.1, 0.15) is 17.2 Å². The number of aromatic nitrogens is 3. The van der Waals surface area contributed by atoms with Gasteiger partial charge in [-0.1, -0.05) is 0 Å². The van der Waals surface area contributed by atoms with Crippen LogP contribution in [0, 0.1) is 0 Å². The fourth-order valence-electron chi connectivity index (χ4n) is 3.65. The van der Waals surface area contributed by atoms with Gasteiger partial charge in [-0.2, -0.15) is 5.10 Å². The van der Waals surface area contributed by atoms with Crippen LogP contribution in [0.15, 0.2) is 84.2 Å². The molecule has 34 heavy (non-hydrogen) atoms. The van der Waals surface area contributed by atoms with E-state index in [4.69, 9.17) is 24.3 Å². The van der Waals surface area contributed by atoms with Gasteiger partial charge in [0, 0.05) is 22.1 Å². The maximum atomic E-state index is 5.33. The Bertz CT molecular complexity index is 1390. The molecule has 0 atom stereocenters. The van der Waals surface area contributed by atoms with E-state index >= 15 is 0 Å². The molecule has 0 aliphatic carbocycles. The first-order valence-electron chi connectivity index (χ1n) is 10.7. The average Bonchev–Trinajstić information content (AvgIpc) is 3.57. The molecule has 5 aromatic rings. The van der Waals surface area contributed by atoms with Crippen LogP contribution in [-0.2, 0) is 0 Å². The van der Waals surface area contributed by atoms with Gasteiger partial charge in [0.15, 0.2) is 0 Å². The van der Waals surface area contributed by atoms with Crippen LogP contribution in [0.3, 0.4) is 0 Å². The molecule has 7 heteroatoms. The van der Waals surface area contributed by atoms with E-state index in [1.807, 2.05) is 82.9 Å². The topological polar surface area (TPSA) is 58.4 Å². The molecule has 0 N–H and O–H groups in total. The predicted octanol–water partition coefficient (Wildman–Crippen LogP) is 6.36. The summed E-state index contributed by atoms with van der Waals surface area (Å²) in [5.41, 5.74) is 5.75. The lowest BCUT2D eigenvalue weighted by atomic mass is 10.1. The van der Waals surface area contributed by atoms with Crippen LogP contribution in [0.25, 0.3) is 38.9 Å². The van der Waals surface area contributed by atoms with Gasteiger partial charge in [-0.05, 0) is 78.9 Å². The molecular weight excluding hydrogens is 446 g/mol. The monoisotopic (exact) mass is 469 g/mol. The van der Waals surface area contributed by atoms with Crippen LogP contribution >= 0.6 is 11.3 Å². The molecule has 6 nitrogen and oxygen atoms in total. The minimum atomic E-state index is 0.788. The molecule has 0 aliphatic heterocycles. The third kappa shape index (κ3) is 4.25. The van der Waals surface area contributed by atoms with Crippen molar-refractivity contribution in [3.05, 3.63) is 84.2 Å². The van der Waals surface area contributed by atoms with E-state index < -0.39 is 0 Å². The second-order valence-electron chi connectivity index (χ2n) is 7.53. The molecule has 0 spiro atoms. The van der Waals surface area contributed by atoms with Crippen LogP contribution in [0.2, 0.25) is 0 Å². The van der Waals surface area contributed by atoms with Gasteiger partial charge in [-0.25, -0.2) is 9.67 Å². The van der Waals surface area contributed by atoms with Gasteiger partial charge < -0.3 is 14.2 Å². The number of nitrogens with zero attached hydrogens (tertiary/aromatic N) is 3. The fourth-order valence-corrected chi connectivity index (χ4v) is 4.45. The zero-order valence-electron chi connectivity index (χ0n) is 19.1. The standard InChI is InChI=1S/C27H23N3O3S/c1-31-21-10-4-18(5-11-21)24-16-26(20-8-14-23(33-3)15-9-20)30(29-24)27-28-25(17-34-27)19-6-12-22(32-2)13-7-19/h4-17H,1-3H3. The lowest BCUT2D eigenvalue weighted by molar-refractivity contribution is 0.414. The molecule has 0 radical (unpaired) electrons. The summed E-state index contributed by atoms with van der Waals surface area (Å²) >= 11 is 1.55. The Morgan fingerprint density at radius 3 is 1.59 bits per heavy atom. The Labute approximate surface area is 202 Å². The van der Waals surface area contributed by atoms with E-state index in [1.54, 1.807) is 32.7 Å². The van der Waals surface area contributed by atoms with Crippen LogP contribution in [-0.4, -0.2) is 36.1 Å². The first kappa shape index (κ1) is 21.7. The highest BCUT2D eigenvalue weighted by atomic mass is 32.1. The first-order chi connectivity index (χ1) is 16.7. The number of hydrogen-bond acceptors (Lipinski definition) is 6. The second-order valence-corrected chi connectivity index (χ2v) is 8.36. The third-order valence-corrected chi connectivity index (χ3v) is 6.36. The van der Waals surface area contributed by atoms with Crippen molar-refractivity contribution in [2.75, 3.05) is 21.3 Å². The Morgan fingerprint density at radius 2 is 1.09 bits per heavy atom. The molecule has 0 amide bonds. The molecule has 3 aromatic carbocycles. The lowest BCUT2D eigenvalue weighted by Gasteiger charge is -2.05. The minimum absolute atomic E-state index is 0.788. The Hall–Kier alpha value is -4.10. The molecule has 0 saturated carbocycles. The molecule has 2 heterocycles. The van der Waals surface area contributed by atoms with Gasteiger partial charge in [0.25, 0.3) is 0 Å². The molecule has 0 saturated heterocycles. The number of thiazole rings is 1. The van der Waals surface area contributed by atoms with E-state index in [2.05, 4.69) is 6.07 Å². The van der Waals surface area contributed by atoms with Crippen molar-refractivity contribution in [1.82, 2.24) is 14.8 Å². The molecule has 5 rings (SSSR count). The van der Waals surface area contributed by atoms with Crippen molar-refractivity contribution in [1.29, 1.82) is 0 Å². The summed E-state index contributed by atoms with van der Waals surface area (Å²) in [5.74, 6) is 2.43. The zero-order chi connectivity index (χ0) is 23.5. The minimum Gasteiger partial charge on any atom is -0.497 e. The summed E-state index contributed by atoms with van der Waals surface area (Å²) in [7, 11) is 4.99. The van der Waals surface area contributed by atoms with Gasteiger partial charge in [0.05, 0.1) is 38.4 Å². The highest BCUT2D eigenvalue weighted by Gasteiger charge is 2.16. The summed E-state index contributed by atoms with van der Waals surface area (Å²) < 4.78 is 17.8. The van der Waals surface area contributed by atoms with Crippen LogP contribution in [0.5, 0.6) is 17.2 Å². The average molecular weight is 470 g/mol. The maximum Gasteiger partial charge on any atom is 0.211 e. The second kappa shape index (κ2) is 9.41. The predicted molar refractivity (Wildman–Crippen MR) is 135 cm³/mol. The van der Waals surface area contributed by atoms with Crippen molar-refractivity contribution in [3.8, 4) is 56.2 Å². The van der Waals surface area contributed by atoms with Crippen LogP contribution < -0.4 is 14.2 Å². The molecule has 0 fully saturated rings. The molecule has 0 aliphatic rings. The van der Waals surface area contributed by atoms with Crippen molar-refractivity contribution < 1.29 is 14.2 Å². The highest BCUT2D eigenvalue weighted by Crippen LogP contribution is 2.33. The maximum absolute atomic E-state index is 5.33. The zero-order valence-corrected chi connectivity index (χ0v) is 19.9. The number of ether oxygens (including phenoxy) is 3. The van der Waals surface area contributed by atoms with E-state index in [-0.39, 0.29) is 0 Å². The molecule has 0 bridgehead atoms. The summed E-state index contributed by atoms with van der Waals surface area (Å²) in [4.78, 5) is 4.89. The summed E-state index contributed by atoms with van der Waals surface area (Å²) in [6.07, 6.45) is 0. The van der Waals surface area contributed by atoms with Crippen molar-refractivity contribution in [2.24, 2.45) is 0 Å². The number of rotatable bonds is 7. The van der Waals surface area contributed by atoms with E-state index in [1.165, 1.54) is 0 Å². The third-order valence-electron chi connectivity index (χ3n) is 5.54. The molecule has 170 valence electrons. The van der Waals surface area contributed by atoms with Crippen molar-refractivity contribution in [2.45, 2.75) is 0 Å². The van der Waals surface area contributed by atoms with Crippen LogP contribution in [0.4, 0.5) is 0 Å². The van der Waals surface area contributed by atoms with E-state index in [9.17, 15) is 0 Å². The lowest BCUT2D eigenvalue weighted by Crippen LogP contribution is -1.99. The summed E-state index contributed by atoms with van der Waals surface area (Å²) in [6.45, 7) is 0. The quantitative estimate of drug-likeness (QED) is 0.278. The van der Waals surface area contributed by atoms with Crippen LogP contribution in [0.1, 0.15) is 0 Å². The Balaban J connectivity index is 1.58. The number of benzene rings is 3. The van der Waals surface area contributed by atoms with Gasteiger partial charge in [0.2, 0.25) is 5.13 Å². The summed E-state index contributed by atoms with van der Waals surface area (Å²) in [5, 5.41) is 7.77. The van der Waals surface area contributed by atoms with Crippen molar-refractivity contribution in [3.63, 3.8) is 0 Å². The molecule has 0 unspecified atom stereocenters. The normalized spacial score (nSPS) is 10.8. The van der Waals surface area contributed by atoms with E-state index in [0.29, 0.717) is 0 Å². The van der Waals surface area contributed by atoms with E-state index in [0.717, 1.165) is 56.2 Å². The highest BCUT2D eigenvalue weighted by molar-refractivity contribution is 7.12. The first-order valence-corrected chi connectivity index (χ1v) is 11.6. The number of hydrogen-bond donors (Lipinski definition) is 0. The smallest absolute Gasteiger partial charge is 0.211 e. The Morgan fingerprint density at radius 1 is 0.618 bits per heavy atom. The Kier molecular flexibility index (Phi) is 6.01. The summed E-state index contributed by atoms with van der Waals surface area (Å²) in [6, 6.07) is 25.8. The number of methoxy groups -OCH3 is 3. The molecular formula is C27H23N3O3S. The van der Waals surface area contributed by atoms with Gasteiger partial charge >= 0.3 is 0 Å². The largest absolute Gasteiger partial charge is 0.497 e. The van der Waals surface area contributed by atoms with Crippen molar-refractivity contribution >= 4 is 11.3 Å². The van der Waals surface area contributed by atoms with Gasteiger partial charge in [-0.15, -0.1) is 11.3 Å². The van der Waals surface area contributed by atoms with Gasteiger partial charge in [-0.3, -0.25) is 0 Å². The fraction of sp³-hybridized carbons (Fsp3) is 0.111. The molecule has 2 aromatic heterocycles.